The Morgan fingerprint density at radius 2 is 1.83 bits per heavy atom. The predicted octanol–water partition coefficient (Wildman–Crippen LogP) is 1.76. The Hall–Kier alpha value is -1.52. The first-order chi connectivity index (χ1) is 8.31. The number of nitrogens with two attached hydrogens (primary N) is 1. The van der Waals surface area contributed by atoms with Crippen molar-refractivity contribution in [3.8, 4) is 0 Å². The van der Waals surface area contributed by atoms with Crippen molar-refractivity contribution >= 4 is 11.7 Å². The van der Waals surface area contributed by atoms with Gasteiger partial charge in [0.05, 0.1) is 0 Å². The van der Waals surface area contributed by atoms with Crippen LogP contribution < -0.4 is 5.73 Å². The van der Waals surface area contributed by atoms with Gasteiger partial charge in [-0.25, -0.2) is 0 Å². The third kappa shape index (κ3) is 3.75. The number of carbonyl (C=O) groups is 1. The van der Waals surface area contributed by atoms with E-state index in [0.717, 1.165) is 13.1 Å². The van der Waals surface area contributed by atoms with Gasteiger partial charge in [0.25, 0.3) is 5.91 Å². The maximum absolute atomic E-state index is 12.4. The van der Waals surface area contributed by atoms with Gasteiger partial charge in [0.15, 0.2) is 5.69 Å². The number of carbonyl (C=O) groups excluding carboxylic acids is 1. The Bertz CT molecular complexity index is 380. The molecule has 1 rings (SSSR count). The highest BCUT2D eigenvalue weighted by Gasteiger charge is 2.20. The molecule has 1 aromatic rings. The summed E-state index contributed by atoms with van der Waals surface area (Å²) >= 11 is 0. The van der Waals surface area contributed by atoms with E-state index in [-0.39, 0.29) is 5.91 Å². The topological polar surface area (TPSA) is 64.2 Å². The van der Waals surface area contributed by atoms with Crippen LogP contribution in [0.15, 0.2) is 6.07 Å². The molecule has 0 unspecified atom stereocenters. The molecule has 102 valence electrons. The van der Waals surface area contributed by atoms with E-state index < -0.39 is 0 Å². The lowest BCUT2D eigenvalue weighted by atomic mass is 10.1. The van der Waals surface area contributed by atoms with Crippen LogP contribution in [0.25, 0.3) is 0 Å². The molecule has 0 aliphatic heterocycles. The number of aryl methyl sites for hydroxylation is 1. The Balaban J connectivity index is 2.87. The smallest absolute Gasteiger partial charge is 0.274 e. The van der Waals surface area contributed by atoms with Gasteiger partial charge < -0.3 is 10.6 Å². The van der Waals surface area contributed by atoms with Crippen LogP contribution in [0.4, 0.5) is 5.82 Å². The minimum absolute atomic E-state index is 0.0373. The van der Waals surface area contributed by atoms with Crippen LogP contribution in [0, 0.1) is 11.8 Å². The monoisotopic (exact) mass is 252 g/mol. The van der Waals surface area contributed by atoms with Gasteiger partial charge in [-0.2, -0.15) is 5.10 Å². The van der Waals surface area contributed by atoms with Gasteiger partial charge in [-0.1, -0.05) is 27.7 Å². The summed E-state index contributed by atoms with van der Waals surface area (Å²) in [5.41, 5.74) is 6.14. The second-order valence-corrected chi connectivity index (χ2v) is 5.58. The first-order valence-corrected chi connectivity index (χ1v) is 6.40. The molecule has 0 atom stereocenters. The van der Waals surface area contributed by atoms with Crippen LogP contribution in [-0.2, 0) is 7.05 Å². The number of amides is 1. The summed E-state index contributed by atoms with van der Waals surface area (Å²) in [7, 11) is 1.74. The van der Waals surface area contributed by atoms with Gasteiger partial charge in [0.1, 0.15) is 5.82 Å². The molecule has 0 bridgehead atoms. The van der Waals surface area contributed by atoms with Gasteiger partial charge >= 0.3 is 0 Å². The number of hydrogen-bond donors (Lipinski definition) is 1. The first-order valence-electron chi connectivity index (χ1n) is 6.40. The number of rotatable bonds is 5. The van der Waals surface area contributed by atoms with Gasteiger partial charge in [0.2, 0.25) is 0 Å². The fourth-order valence-electron chi connectivity index (χ4n) is 1.87. The average molecular weight is 252 g/mol. The summed E-state index contributed by atoms with van der Waals surface area (Å²) in [6.07, 6.45) is 0. The molecule has 0 saturated carbocycles. The maximum atomic E-state index is 12.4. The fourth-order valence-corrected chi connectivity index (χ4v) is 1.87. The molecule has 1 amide bonds. The van der Waals surface area contributed by atoms with E-state index in [1.165, 1.54) is 4.68 Å². The van der Waals surface area contributed by atoms with E-state index in [2.05, 4.69) is 32.8 Å². The molecule has 0 radical (unpaired) electrons. The minimum Gasteiger partial charge on any atom is -0.384 e. The van der Waals surface area contributed by atoms with E-state index in [1.54, 1.807) is 13.1 Å². The molecule has 0 aliphatic rings. The normalized spacial score (nSPS) is 11.3. The third-order valence-corrected chi connectivity index (χ3v) is 2.59. The summed E-state index contributed by atoms with van der Waals surface area (Å²) in [5, 5.41) is 4.15. The van der Waals surface area contributed by atoms with Gasteiger partial charge in [-0.15, -0.1) is 0 Å². The van der Waals surface area contributed by atoms with Crippen molar-refractivity contribution in [3.63, 3.8) is 0 Å². The van der Waals surface area contributed by atoms with E-state index in [1.807, 2.05) is 4.90 Å². The van der Waals surface area contributed by atoms with Crippen molar-refractivity contribution in [2.24, 2.45) is 18.9 Å². The van der Waals surface area contributed by atoms with Gasteiger partial charge in [-0.3, -0.25) is 9.48 Å². The number of hydrogen-bond acceptors (Lipinski definition) is 3. The molecule has 0 aliphatic carbocycles. The van der Waals surface area contributed by atoms with Crippen LogP contribution in [0.3, 0.4) is 0 Å². The quantitative estimate of drug-likeness (QED) is 0.868. The Labute approximate surface area is 109 Å². The van der Waals surface area contributed by atoms with Crippen LogP contribution in [0.2, 0.25) is 0 Å². The molecule has 0 fully saturated rings. The molecule has 2 N–H and O–H groups in total. The zero-order valence-corrected chi connectivity index (χ0v) is 12.0. The largest absolute Gasteiger partial charge is 0.384 e. The van der Waals surface area contributed by atoms with E-state index in [4.69, 9.17) is 5.73 Å². The van der Waals surface area contributed by atoms with Crippen molar-refractivity contribution in [1.29, 1.82) is 0 Å². The van der Waals surface area contributed by atoms with E-state index in [9.17, 15) is 4.79 Å². The molecular weight excluding hydrogens is 228 g/mol. The SMILES string of the molecule is CC(C)CN(CC(C)C)C(=O)c1cc(N)n(C)n1. The van der Waals surface area contributed by atoms with Crippen molar-refractivity contribution in [3.05, 3.63) is 11.8 Å². The van der Waals surface area contributed by atoms with E-state index >= 15 is 0 Å². The number of nitrogen functional groups attached to an aromatic ring is 1. The van der Waals surface area contributed by atoms with Crippen molar-refractivity contribution in [1.82, 2.24) is 14.7 Å². The Morgan fingerprint density at radius 1 is 1.33 bits per heavy atom. The second kappa shape index (κ2) is 5.89. The van der Waals surface area contributed by atoms with Crippen LogP contribution in [0.5, 0.6) is 0 Å². The fraction of sp³-hybridized carbons (Fsp3) is 0.692. The summed E-state index contributed by atoms with van der Waals surface area (Å²) in [4.78, 5) is 14.2. The highest BCUT2D eigenvalue weighted by molar-refractivity contribution is 5.93. The van der Waals surface area contributed by atoms with Crippen molar-refractivity contribution in [2.45, 2.75) is 27.7 Å². The van der Waals surface area contributed by atoms with Crippen LogP contribution >= 0.6 is 0 Å². The molecule has 1 aromatic heterocycles. The lowest BCUT2D eigenvalue weighted by molar-refractivity contribution is 0.0708. The lowest BCUT2D eigenvalue weighted by Gasteiger charge is -2.25. The Kier molecular flexibility index (Phi) is 4.76. The molecule has 0 saturated heterocycles. The number of aromatic nitrogens is 2. The molecule has 0 aromatic carbocycles. The molecule has 1 heterocycles. The average Bonchev–Trinajstić information content (AvgIpc) is 2.56. The summed E-state index contributed by atoms with van der Waals surface area (Å²) < 4.78 is 1.52. The minimum atomic E-state index is -0.0373. The van der Waals surface area contributed by atoms with Crippen molar-refractivity contribution in [2.75, 3.05) is 18.8 Å². The van der Waals surface area contributed by atoms with E-state index in [0.29, 0.717) is 23.3 Å². The molecule has 18 heavy (non-hydrogen) atoms. The molecule has 5 nitrogen and oxygen atoms in total. The standard InChI is InChI=1S/C13H24N4O/c1-9(2)7-17(8-10(3)4)13(18)11-6-12(14)16(5)15-11/h6,9-10H,7-8,14H2,1-5H3. The molecule has 5 heteroatoms. The second-order valence-electron chi connectivity index (χ2n) is 5.58. The zero-order valence-electron chi connectivity index (χ0n) is 12.0. The van der Waals surface area contributed by atoms with Crippen LogP contribution in [0.1, 0.15) is 38.2 Å². The maximum Gasteiger partial charge on any atom is 0.274 e. The molecular formula is C13H24N4O. The van der Waals surface area contributed by atoms with Crippen molar-refractivity contribution < 1.29 is 4.79 Å². The Morgan fingerprint density at radius 3 is 2.17 bits per heavy atom. The third-order valence-electron chi connectivity index (χ3n) is 2.59. The van der Waals surface area contributed by atoms with Gasteiger partial charge in [0, 0.05) is 26.2 Å². The number of anilines is 1. The van der Waals surface area contributed by atoms with Gasteiger partial charge in [-0.05, 0) is 11.8 Å². The summed E-state index contributed by atoms with van der Waals surface area (Å²) in [6, 6.07) is 1.63. The molecule has 0 spiro atoms. The first kappa shape index (κ1) is 14.5. The summed E-state index contributed by atoms with van der Waals surface area (Å²) in [6.45, 7) is 9.91. The van der Waals surface area contributed by atoms with Crippen LogP contribution in [-0.4, -0.2) is 33.7 Å². The highest BCUT2D eigenvalue weighted by atomic mass is 16.2. The highest BCUT2D eigenvalue weighted by Crippen LogP contribution is 2.11. The number of nitrogens with zero attached hydrogens (tertiary/aromatic N) is 3. The lowest BCUT2D eigenvalue weighted by Crippen LogP contribution is -2.37. The predicted molar refractivity (Wildman–Crippen MR) is 73.2 cm³/mol. The zero-order chi connectivity index (χ0) is 13.9. The summed E-state index contributed by atoms with van der Waals surface area (Å²) in [5.74, 6) is 1.35.